The van der Waals surface area contributed by atoms with Crippen molar-refractivity contribution in [3.63, 3.8) is 0 Å². The number of carbonyl (C=O) groups excluding carboxylic acids is 1. The van der Waals surface area contributed by atoms with E-state index in [-0.39, 0.29) is 5.78 Å². The zero-order chi connectivity index (χ0) is 13.3. The molecule has 0 saturated carbocycles. The molecular formula is C11H12F4O2. The predicted octanol–water partition coefficient (Wildman–Crippen LogP) is 3.76. The molecule has 0 spiro atoms. The van der Waals surface area contributed by atoms with E-state index < -0.39 is 13.5 Å². The Labute approximate surface area is 96.2 Å². The van der Waals surface area contributed by atoms with E-state index in [0.717, 1.165) is 0 Å². The van der Waals surface area contributed by atoms with Crippen molar-refractivity contribution in [2.75, 3.05) is 6.86 Å². The molecule has 0 fully saturated rings. The Morgan fingerprint density at radius 2 is 1.71 bits per heavy atom. The predicted molar refractivity (Wildman–Crippen MR) is 54.8 cm³/mol. The van der Waals surface area contributed by atoms with Crippen molar-refractivity contribution in [2.45, 2.75) is 20.0 Å². The number of halogens is 4. The second-order valence-corrected chi connectivity index (χ2v) is 2.80. The van der Waals surface area contributed by atoms with Gasteiger partial charge in [0, 0.05) is 12.0 Å². The van der Waals surface area contributed by atoms with Crippen molar-refractivity contribution < 1.29 is 27.1 Å². The first kappa shape index (κ1) is 15.4. The molecule has 1 aromatic rings. The largest absolute Gasteiger partial charge is 0.463 e. The number of ether oxygens (including phenoxy) is 1. The summed E-state index contributed by atoms with van der Waals surface area (Å²) in [6.45, 7) is -2.71. The molecule has 0 bridgehead atoms. The molecule has 0 amide bonds. The van der Waals surface area contributed by atoms with Gasteiger partial charge in [0.15, 0.2) is 5.78 Å². The number of carbonyl (C=O) groups is 1. The van der Waals surface area contributed by atoms with E-state index in [2.05, 4.69) is 4.74 Å². The average Bonchev–Trinajstić information content (AvgIpc) is 2.29. The smallest absolute Gasteiger partial charge is 0.379 e. The summed E-state index contributed by atoms with van der Waals surface area (Å²) in [7, 11) is 0. The summed E-state index contributed by atoms with van der Waals surface area (Å²) in [5, 5.41) is 0. The maximum atomic E-state index is 11.7. The minimum absolute atomic E-state index is 0.0757. The molecule has 2 nitrogen and oxygen atoms in total. The molecule has 0 N–H and O–H groups in total. The van der Waals surface area contributed by atoms with Crippen LogP contribution in [0.1, 0.15) is 23.7 Å². The van der Waals surface area contributed by atoms with Crippen molar-refractivity contribution in [1.82, 2.24) is 0 Å². The lowest BCUT2D eigenvalue weighted by atomic mass is 10.1. The van der Waals surface area contributed by atoms with Gasteiger partial charge < -0.3 is 4.74 Å². The normalized spacial score (nSPS) is 9.53. The third-order valence-corrected chi connectivity index (χ3v) is 1.72. The van der Waals surface area contributed by atoms with Crippen LogP contribution in [0.2, 0.25) is 0 Å². The van der Waals surface area contributed by atoms with Gasteiger partial charge in [-0.25, -0.2) is 4.39 Å². The Morgan fingerprint density at radius 3 is 2.06 bits per heavy atom. The number of ketones is 1. The Bertz CT molecular complexity index is 322. The van der Waals surface area contributed by atoms with E-state index in [4.69, 9.17) is 0 Å². The van der Waals surface area contributed by atoms with Crippen molar-refractivity contribution in [3.8, 4) is 5.75 Å². The summed E-state index contributed by atoms with van der Waals surface area (Å²) in [6, 6.07) is 6.44. The third kappa shape index (κ3) is 7.32. The zero-order valence-electron chi connectivity index (χ0n) is 9.13. The highest BCUT2D eigenvalue weighted by atomic mass is 19.4. The summed E-state index contributed by atoms with van der Waals surface area (Å²) in [5.41, 5.74) is 0.633. The van der Waals surface area contributed by atoms with E-state index in [1.165, 1.54) is 0 Å². The van der Waals surface area contributed by atoms with Gasteiger partial charge in [-0.05, 0) is 24.3 Å². The number of hydrogen-bond donors (Lipinski definition) is 0. The summed E-state index contributed by atoms with van der Waals surface area (Å²) in [6.07, 6.45) is 0.476. The molecule has 0 heterocycles. The Kier molecular flexibility index (Phi) is 7.75. The van der Waals surface area contributed by atoms with E-state index in [1.807, 2.05) is 0 Å². The first-order valence-electron chi connectivity index (χ1n) is 4.75. The number of rotatable bonds is 4. The SMILES string of the molecule is CCC(=O)c1ccc(OCF)cc1.FC(F)F. The molecule has 0 radical (unpaired) electrons. The van der Waals surface area contributed by atoms with Crippen LogP contribution in [-0.2, 0) is 0 Å². The van der Waals surface area contributed by atoms with E-state index in [9.17, 15) is 22.4 Å². The molecule has 6 heteroatoms. The third-order valence-electron chi connectivity index (χ3n) is 1.72. The van der Waals surface area contributed by atoms with Gasteiger partial charge in [0.1, 0.15) is 5.75 Å². The molecule has 0 saturated heterocycles. The van der Waals surface area contributed by atoms with Crippen LogP contribution in [0.25, 0.3) is 0 Å². The van der Waals surface area contributed by atoms with Crippen LogP contribution in [0.4, 0.5) is 17.6 Å². The molecular weight excluding hydrogens is 240 g/mol. The minimum Gasteiger partial charge on any atom is -0.463 e. The number of hydrogen-bond acceptors (Lipinski definition) is 2. The highest BCUT2D eigenvalue weighted by molar-refractivity contribution is 5.95. The fraction of sp³-hybridized carbons (Fsp3) is 0.364. The Morgan fingerprint density at radius 1 is 1.24 bits per heavy atom. The number of Topliss-reactive ketones (excluding diaryl/α,β-unsaturated/α-hetero) is 1. The Hall–Kier alpha value is -1.59. The van der Waals surface area contributed by atoms with Crippen LogP contribution < -0.4 is 4.74 Å². The lowest BCUT2D eigenvalue weighted by molar-refractivity contribution is 0.00818. The van der Waals surface area contributed by atoms with Gasteiger partial charge in [0.25, 0.3) is 0 Å². The van der Waals surface area contributed by atoms with E-state index in [1.54, 1.807) is 31.2 Å². The average molecular weight is 252 g/mol. The van der Waals surface area contributed by atoms with Crippen molar-refractivity contribution in [3.05, 3.63) is 29.8 Å². The maximum absolute atomic E-state index is 11.7. The van der Waals surface area contributed by atoms with Crippen LogP contribution in [-0.4, -0.2) is 19.3 Å². The second kappa shape index (κ2) is 8.55. The molecule has 0 atom stereocenters. The molecule has 17 heavy (non-hydrogen) atoms. The second-order valence-electron chi connectivity index (χ2n) is 2.80. The summed E-state index contributed by atoms with van der Waals surface area (Å²) in [4.78, 5) is 11.2. The molecule has 0 aliphatic heterocycles. The van der Waals surface area contributed by atoms with Crippen LogP contribution in [0.3, 0.4) is 0 Å². The van der Waals surface area contributed by atoms with Gasteiger partial charge in [-0.2, -0.15) is 13.2 Å². The van der Waals surface area contributed by atoms with Gasteiger partial charge in [-0.15, -0.1) is 0 Å². The fourth-order valence-electron chi connectivity index (χ4n) is 1.00. The lowest BCUT2D eigenvalue weighted by Crippen LogP contribution is -1.96. The molecule has 0 aliphatic rings. The van der Waals surface area contributed by atoms with E-state index >= 15 is 0 Å². The maximum Gasteiger partial charge on any atom is 0.379 e. The number of alkyl halides is 4. The van der Waals surface area contributed by atoms with Crippen LogP contribution in [0.15, 0.2) is 24.3 Å². The highest BCUT2D eigenvalue weighted by Crippen LogP contribution is 2.13. The summed E-state index contributed by atoms with van der Waals surface area (Å²) >= 11 is 0. The fourth-order valence-corrected chi connectivity index (χ4v) is 1.00. The van der Waals surface area contributed by atoms with Crippen LogP contribution in [0.5, 0.6) is 5.75 Å². The summed E-state index contributed by atoms with van der Waals surface area (Å²) in [5.74, 6) is 0.516. The van der Waals surface area contributed by atoms with Crippen molar-refractivity contribution in [1.29, 1.82) is 0 Å². The number of benzene rings is 1. The van der Waals surface area contributed by atoms with Gasteiger partial charge in [0.2, 0.25) is 6.86 Å². The first-order valence-corrected chi connectivity index (χ1v) is 4.75. The first-order chi connectivity index (χ1) is 8.01. The monoisotopic (exact) mass is 252 g/mol. The molecule has 0 aliphatic carbocycles. The minimum atomic E-state index is -3.67. The van der Waals surface area contributed by atoms with Gasteiger partial charge in [-0.3, -0.25) is 4.79 Å². The Balaban J connectivity index is 0.000000557. The van der Waals surface area contributed by atoms with Crippen molar-refractivity contribution in [2.24, 2.45) is 0 Å². The molecule has 96 valence electrons. The molecule has 1 aromatic carbocycles. The molecule has 0 unspecified atom stereocenters. The molecule has 0 aromatic heterocycles. The highest BCUT2D eigenvalue weighted by Gasteiger charge is 2.02. The van der Waals surface area contributed by atoms with Crippen LogP contribution >= 0.6 is 0 Å². The molecule has 1 rings (SSSR count). The lowest BCUT2D eigenvalue weighted by Gasteiger charge is -2.01. The quantitative estimate of drug-likeness (QED) is 0.602. The zero-order valence-corrected chi connectivity index (χ0v) is 9.13. The van der Waals surface area contributed by atoms with Gasteiger partial charge in [0.05, 0.1) is 0 Å². The standard InChI is InChI=1S/C10H11FO2.CHF3/c1-2-10(12)8-3-5-9(6-4-8)13-7-11;2-1(3)4/h3-6H,2,7H2,1H3;1H. The van der Waals surface area contributed by atoms with Crippen LogP contribution in [0, 0.1) is 0 Å². The summed E-state index contributed by atoms with van der Waals surface area (Å²) < 4.78 is 45.3. The van der Waals surface area contributed by atoms with E-state index in [0.29, 0.717) is 17.7 Å². The van der Waals surface area contributed by atoms with Gasteiger partial charge >= 0.3 is 6.68 Å². The van der Waals surface area contributed by atoms with Gasteiger partial charge in [-0.1, -0.05) is 6.92 Å². The van der Waals surface area contributed by atoms with Crippen molar-refractivity contribution >= 4 is 5.78 Å². The topological polar surface area (TPSA) is 26.3 Å².